The van der Waals surface area contributed by atoms with Crippen molar-refractivity contribution in [2.75, 3.05) is 30.9 Å². The topological polar surface area (TPSA) is 55.6 Å². The van der Waals surface area contributed by atoms with E-state index in [1.165, 1.54) is 0 Å². The van der Waals surface area contributed by atoms with Crippen LogP contribution in [0.2, 0.25) is 0 Å². The lowest BCUT2D eigenvalue weighted by atomic mass is 10.2. The van der Waals surface area contributed by atoms with E-state index in [9.17, 15) is 4.79 Å². The predicted octanol–water partition coefficient (Wildman–Crippen LogP) is 2.05. The van der Waals surface area contributed by atoms with E-state index < -0.39 is 0 Å². The molecule has 1 aromatic rings. The van der Waals surface area contributed by atoms with Gasteiger partial charge < -0.3 is 15.4 Å². The van der Waals surface area contributed by atoms with Crippen molar-refractivity contribution in [3.63, 3.8) is 0 Å². The third-order valence-electron chi connectivity index (χ3n) is 2.54. The Morgan fingerprint density at radius 2 is 2.24 bits per heavy atom. The second-order valence-electron chi connectivity index (χ2n) is 3.83. The fourth-order valence-corrected chi connectivity index (χ4v) is 1.70. The Hall–Kier alpha value is -1.55. The molecule has 0 unspecified atom stereocenters. The summed E-state index contributed by atoms with van der Waals surface area (Å²) < 4.78 is 4.94. The predicted molar refractivity (Wildman–Crippen MR) is 70.0 cm³/mol. The van der Waals surface area contributed by atoms with Crippen molar-refractivity contribution < 1.29 is 9.53 Å². The van der Waals surface area contributed by atoms with Gasteiger partial charge in [-0.05, 0) is 31.5 Å². The number of rotatable bonds is 6. The van der Waals surface area contributed by atoms with Gasteiger partial charge in [-0.1, -0.05) is 6.07 Å². The zero-order valence-electron chi connectivity index (χ0n) is 10.5. The molecule has 0 atom stereocenters. The second-order valence-corrected chi connectivity index (χ2v) is 3.83. The molecule has 0 aliphatic carbocycles. The number of nitrogens with zero attached hydrogens (tertiary/aromatic N) is 1. The van der Waals surface area contributed by atoms with E-state index in [1.807, 2.05) is 31.2 Å². The van der Waals surface area contributed by atoms with Crippen LogP contribution in [-0.4, -0.2) is 26.2 Å². The van der Waals surface area contributed by atoms with Gasteiger partial charge in [-0.25, -0.2) is 0 Å². The van der Waals surface area contributed by atoms with E-state index in [1.54, 1.807) is 12.0 Å². The standard InChI is InChI=1S/C13H20N2O2/c1-3-15(13(16)8-5-9-17-2)12-7-4-6-11(14)10-12/h4,6-7,10H,3,5,8-9,14H2,1-2H3. The van der Waals surface area contributed by atoms with Crippen LogP contribution in [-0.2, 0) is 9.53 Å². The lowest BCUT2D eigenvalue weighted by Crippen LogP contribution is -2.30. The Bertz CT molecular complexity index is 366. The Balaban J connectivity index is 2.67. The number of methoxy groups -OCH3 is 1. The summed E-state index contributed by atoms with van der Waals surface area (Å²) in [6, 6.07) is 7.38. The van der Waals surface area contributed by atoms with Crippen molar-refractivity contribution in [2.24, 2.45) is 0 Å². The maximum Gasteiger partial charge on any atom is 0.227 e. The van der Waals surface area contributed by atoms with Crippen molar-refractivity contribution in [1.29, 1.82) is 0 Å². The summed E-state index contributed by atoms with van der Waals surface area (Å²) in [5, 5.41) is 0. The normalized spacial score (nSPS) is 10.2. The molecular weight excluding hydrogens is 216 g/mol. The van der Waals surface area contributed by atoms with Crippen LogP contribution in [0.4, 0.5) is 11.4 Å². The van der Waals surface area contributed by atoms with Gasteiger partial charge in [0.05, 0.1) is 0 Å². The average Bonchev–Trinajstić information content (AvgIpc) is 2.30. The van der Waals surface area contributed by atoms with E-state index in [0.717, 1.165) is 12.1 Å². The molecule has 0 fully saturated rings. The number of carbonyl (C=O) groups excluding carboxylic acids is 1. The first-order chi connectivity index (χ1) is 8.19. The van der Waals surface area contributed by atoms with Gasteiger partial charge >= 0.3 is 0 Å². The van der Waals surface area contributed by atoms with Gasteiger partial charge in [-0.3, -0.25) is 4.79 Å². The van der Waals surface area contributed by atoms with Crippen molar-refractivity contribution in [3.8, 4) is 0 Å². The lowest BCUT2D eigenvalue weighted by Gasteiger charge is -2.21. The highest BCUT2D eigenvalue weighted by Gasteiger charge is 2.13. The van der Waals surface area contributed by atoms with Crippen LogP contribution in [0.3, 0.4) is 0 Å². The summed E-state index contributed by atoms with van der Waals surface area (Å²) in [6.45, 7) is 3.22. The largest absolute Gasteiger partial charge is 0.399 e. The molecule has 0 spiro atoms. The van der Waals surface area contributed by atoms with E-state index in [4.69, 9.17) is 10.5 Å². The summed E-state index contributed by atoms with van der Waals surface area (Å²) in [4.78, 5) is 13.7. The number of hydrogen-bond acceptors (Lipinski definition) is 3. The molecule has 0 radical (unpaired) electrons. The van der Waals surface area contributed by atoms with Gasteiger partial charge in [0.1, 0.15) is 0 Å². The maximum atomic E-state index is 12.0. The van der Waals surface area contributed by atoms with Gasteiger partial charge in [0, 0.05) is 38.1 Å². The van der Waals surface area contributed by atoms with Crippen LogP contribution in [0.5, 0.6) is 0 Å². The van der Waals surface area contributed by atoms with Gasteiger partial charge in [0.2, 0.25) is 5.91 Å². The Morgan fingerprint density at radius 3 is 2.82 bits per heavy atom. The zero-order valence-corrected chi connectivity index (χ0v) is 10.5. The zero-order chi connectivity index (χ0) is 12.7. The Kier molecular flexibility index (Phi) is 5.49. The fraction of sp³-hybridized carbons (Fsp3) is 0.462. The summed E-state index contributed by atoms with van der Waals surface area (Å²) in [7, 11) is 1.64. The molecule has 0 aromatic heterocycles. The highest BCUT2D eigenvalue weighted by molar-refractivity contribution is 5.93. The van der Waals surface area contributed by atoms with Crippen molar-refractivity contribution in [3.05, 3.63) is 24.3 Å². The number of anilines is 2. The first-order valence-electron chi connectivity index (χ1n) is 5.84. The second kappa shape index (κ2) is 6.91. The molecule has 0 saturated carbocycles. The maximum absolute atomic E-state index is 12.0. The minimum Gasteiger partial charge on any atom is -0.399 e. The number of benzene rings is 1. The molecular formula is C13H20N2O2. The van der Waals surface area contributed by atoms with Gasteiger partial charge in [-0.15, -0.1) is 0 Å². The number of hydrogen-bond donors (Lipinski definition) is 1. The first-order valence-corrected chi connectivity index (χ1v) is 5.84. The third-order valence-corrected chi connectivity index (χ3v) is 2.54. The molecule has 0 bridgehead atoms. The molecule has 1 rings (SSSR count). The first kappa shape index (κ1) is 13.5. The monoisotopic (exact) mass is 236 g/mol. The number of nitrogen functional groups attached to an aromatic ring is 1. The quantitative estimate of drug-likeness (QED) is 0.607. The van der Waals surface area contributed by atoms with Crippen LogP contribution in [0.25, 0.3) is 0 Å². The van der Waals surface area contributed by atoms with E-state index >= 15 is 0 Å². The smallest absolute Gasteiger partial charge is 0.227 e. The Labute approximate surface area is 102 Å². The average molecular weight is 236 g/mol. The minimum absolute atomic E-state index is 0.107. The number of nitrogens with two attached hydrogens (primary N) is 1. The molecule has 2 N–H and O–H groups in total. The third kappa shape index (κ3) is 4.07. The summed E-state index contributed by atoms with van der Waals surface area (Å²) >= 11 is 0. The SMILES string of the molecule is CCN(C(=O)CCCOC)c1cccc(N)c1. The highest BCUT2D eigenvalue weighted by atomic mass is 16.5. The van der Waals surface area contributed by atoms with E-state index in [2.05, 4.69) is 0 Å². The molecule has 0 heterocycles. The van der Waals surface area contributed by atoms with E-state index in [-0.39, 0.29) is 5.91 Å². The minimum atomic E-state index is 0.107. The molecule has 4 heteroatoms. The van der Waals surface area contributed by atoms with Crippen molar-refractivity contribution >= 4 is 17.3 Å². The van der Waals surface area contributed by atoms with Crippen molar-refractivity contribution in [2.45, 2.75) is 19.8 Å². The number of carbonyl (C=O) groups is 1. The Morgan fingerprint density at radius 1 is 1.47 bits per heavy atom. The molecule has 1 aromatic carbocycles. The number of amides is 1. The van der Waals surface area contributed by atoms with Gasteiger partial charge in [-0.2, -0.15) is 0 Å². The van der Waals surface area contributed by atoms with Crippen molar-refractivity contribution in [1.82, 2.24) is 0 Å². The molecule has 4 nitrogen and oxygen atoms in total. The molecule has 1 amide bonds. The summed E-state index contributed by atoms with van der Waals surface area (Å²) in [5.74, 6) is 0.107. The molecule has 0 saturated heterocycles. The molecule has 0 aliphatic heterocycles. The molecule has 0 aliphatic rings. The van der Waals surface area contributed by atoms with Gasteiger partial charge in [0.25, 0.3) is 0 Å². The number of ether oxygens (including phenoxy) is 1. The fourth-order valence-electron chi connectivity index (χ4n) is 1.70. The summed E-state index contributed by atoms with van der Waals surface area (Å²) in [6.07, 6.45) is 1.24. The van der Waals surface area contributed by atoms with Crippen LogP contribution in [0.1, 0.15) is 19.8 Å². The molecule has 94 valence electrons. The summed E-state index contributed by atoms with van der Waals surface area (Å²) in [5.41, 5.74) is 7.24. The van der Waals surface area contributed by atoms with Crippen LogP contribution < -0.4 is 10.6 Å². The molecule has 17 heavy (non-hydrogen) atoms. The van der Waals surface area contributed by atoms with Crippen LogP contribution in [0, 0.1) is 0 Å². The van der Waals surface area contributed by atoms with Crippen LogP contribution in [0.15, 0.2) is 24.3 Å². The van der Waals surface area contributed by atoms with E-state index in [0.29, 0.717) is 25.3 Å². The van der Waals surface area contributed by atoms with Crippen LogP contribution >= 0.6 is 0 Å². The lowest BCUT2D eigenvalue weighted by molar-refractivity contribution is -0.118. The highest BCUT2D eigenvalue weighted by Crippen LogP contribution is 2.18. The van der Waals surface area contributed by atoms with Gasteiger partial charge in [0.15, 0.2) is 0 Å².